The van der Waals surface area contributed by atoms with Gasteiger partial charge in [-0.3, -0.25) is 4.79 Å². The first-order chi connectivity index (χ1) is 11.2. The third kappa shape index (κ3) is 5.75. The van der Waals surface area contributed by atoms with Crippen LogP contribution in [0.3, 0.4) is 0 Å². The number of carbonyl (C=O) groups excluding carboxylic acids is 1. The van der Waals surface area contributed by atoms with Crippen LogP contribution < -0.4 is 15.0 Å². The zero-order chi connectivity index (χ0) is 16.5. The van der Waals surface area contributed by atoms with Gasteiger partial charge in [0, 0.05) is 11.3 Å². The molecule has 2 N–H and O–H groups in total. The summed E-state index contributed by atoms with van der Waals surface area (Å²) in [5.41, 5.74) is 2.11. The van der Waals surface area contributed by atoms with Crippen molar-refractivity contribution in [2.45, 2.75) is 19.9 Å². The van der Waals surface area contributed by atoms with Gasteiger partial charge in [0.05, 0.1) is 26.6 Å². The molecule has 0 saturated heterocycles. The molecule has 0 radical (unpaired) electrons. The standard InChI is InChI=1S/C19H24N2O2/c1-3-21(15-16-7-5-4-6-8-16)14-13-19(22)20-17-9-11-18(23-2)12-10-17/h4-12H,3,13-15H2,1-2H3,(H,20,22)/p+1. The second-order valence-corrected chi connectivity index (χ2v) is 5.54. The molecule has 0 aliphatic carbocycles. The molecular weight excluding hydrogens is 288 g/mol. The van der Waals surface area contributed by atoms with E-state index in [0.29, 0.717) is 6.42 Å². The van der Waals surface area contributed by atoms with Crippen LogP contribution in [0.5, 0.6) is 5.75 Å². The maximum absolute atomic E-state index is 12.1. The number of hydrogen-bond acceptors (Lipinski definition) is 2. The van der Waals surface area contributed by atoms with E-state index in [1.807, 2.05) is 30.3 Å². The van der Waals surface area contributed by atoms with E-state index in [2.05, 4.69) is 36.5 Å². The van der Waals surface area contributed by atoms with Crippen LogP contribution in [0.4, 0.5) is 5.69 Å². The van der Waals surface area contributed by atoms with E-state index in [0.717, 1.165) is 31.1 Å². The van der Waals surface area contributed by atoms with Gasteiger partial charge >= 0.3 is 0 Å². The van der Waals surface area contributed by atoms with Crippen molar-refractivity contribution in [3.63, 3.8) is 0 Å². The second-order valence-electron chi connectivity index (χ2n) is 5.54. The molecule has 4 heteroatoms. The number of amides is 1. The summed E-state index contributed by atoms with van der Waals surface area (Å²) in [7, 11) is 1.63. The van der Waals surface area contributed by atoms with E-state index in [-0.39, 0.29) is 5.91 Å². The van der Waals surface area contributed by atoms with Gasteiger partial charge in [0.25, 0.3) is 0 Å². The minimum Gasteiger partial charge on any atom is -0.497 e. The van der Waals surface area contributed by atoms with Crippen LogP contribution in [0.2, 0.25) is 0 Å². The van der Waals surface area contributed by atoms with Crippen LogP contribution >= 0.6 is 0 Å². The molecule has 1 amide bonds. The van der Waals surface area contributed by atoms with Crippen LogP contribution in [-0.4, -0.2) is 26.1 Å². The Balaban J connectivity index is 1.79. The summed E-state index contributed by atoms with van der Waals surface area (Å²) in [6, 6.07) is 17.8. The first-order valence-electron chi connectivity index (χ1n) is 8.02. The minimum absolute atomic E-state index is 0.0502. The molecule has 122 valence electrons. The van der Waals surface area contributed by atoms with Crippen molar-refractivity contribution >= 4 is 11.6 Å². The molecule has 0 aromatic heterocycles. The lowest BCUT2D eigenvalue weighted by molar-refractivity contribution is -0.911. The number of anilines is 1. The summed E-state index contributed by atoms with van der Waals surface area (Å²) in [4.78, 5) is 13.5. The Bertz CT molecular complexity index is 597. The SMILES string of the molecule is CC[NH+](CCC(=O)Nc1ccc(OC)cc1)Cc1ccccc1. The number of ether oxygens (including phenoxy) is 1. The van der Waals surface area contributed by atoms with Gasteiger partial charge in [0.2, 0.25) is 5.91 Å². The topological polar surface area (TPSA) is 42.8 Å². The zero-order valence-corrected chi connectivity index (χ0v) is 13.8. The Morgan fingerprint density at radius 1 is 1.09 bits per heavy atom. The molecule has 0 heterocycles. The normalized spacial score (nSPS) is 11.7. The van der Waals surface area contributed by atoms with Gasteiger partial charge in [-0.05, 0) is 31.2 Å². The highest BCUT2D eigenvalue weighted by Gasteiger charge is 2.10. The molecule has 2 aromatic rings. The number of nitrogens with one attached hydrogen (secondary N) is 2. The molecule has 0 spiro atoms. The van der Waals surface area contributed by atoms with Gasteiger partial charge in [-0.25, -0.2) is 0 Å². The van der Waals surface area contributed by atoms with Crippen LogP contribution in [-0.2, 0) is 11.3 Å². The zero-order valence-electron chi connectivity index (χ0n) is 13.8. The first kappa shape index (κ1) is 17.0. The number of carbonyl (C=O) groups is 1. The average Bonchev–Trinajstić information content (AvgIpc) is 2.60. The highest BCUT2D eigenvalue weighted by atomic mass is 16.5. The molecule has 0 bridgehead atoms. The molecule has 0 saturated carbocycles. The Hall–Kier alpha value is -2.33. The predicted molar refractivity (Wildman–Crippen MR) is 92.8 cm³/mol. The lowest BCUT2D eigenvalue weighted by atomic mass is 10.2. The van der Waals surface area contributed by atoms with Gasteiger partial charge in [-0.2, -0.15) is 0 Å². The second kappa shape index (κ2) is 8.96. The summed E-state index contributed by atoms with van der Waals surface area (Å²) in [6.07, 6.45) is 0.516. The van der Waals surface area contributed by atoms with Crippen LogP contribution in [0.25, 0.3) is 0 Å². The van der Waals surface area contributed by atoms with Crippen molar-refractivity contribution in [2.75, 3.05) is 25.5 Å². The maximum atomic E-state index is 12.1. The molecule has 0 fully saturated rings. The van der Waals surface area contributed by atoms with Crippen LogP contribution in [0.15, 0.2) is 54.6 Å². The summed E-state index contributed by atoms with van der Waals surface area (Å²) in [5, 5.41) is 2.93. The van der Waals surface area contributed by atoms with E-state index >= 15 is 0 Å². The highest BCUT2D eigenvalue weighted by Crippen LogP contribution is 2.14. The summed E-state index contributed by atoms with van der Waals surface area (Å²) >= 11 is 0. The van der Waals surface area contributed by atoms with E-state index in [1.165, 1.54) is 10.5 Å². The van der Waals surface area contributed by atoms with Gasteiger partial charge in [0.15, 0.2) is 0 Å². The molecule has 1 unspecified atom stereocenters. The minimum atomic E-state index is 0.0502. The van der Waals surface area contributed by atoms with Crippen LogP contribution in [0.1, 0.15) is 18.9 Å². The molecule has 0 aliphatic rings. The smallest absolute Gasteiger partial charge is 0.230 e. The van der Waals surface area contributed by atoms with Crippen molar-refractivity contribution < 1.29 is 14.4 Å². The number of quaternary nitrogens is 1. The third-order valence-electron chi connectivity index (χ3n) is 3.88. The fourth-order valence-corrected chi connectivity index (χ4v) is 2.46. The molecule has 4 nitrogen and oxygen atoms in total. The number of hydrogen-bond donors (Lipinski definition) is 2. The van der Waals surface area contributed by atoms with Crippen molar-refractivity contribution in [3.8, 4) is 5.75 Å². The third-order valence-corrected chi connectivity index (χ3v) is 3.88. The van der Waals surface area contributed by atoms with Gasteiger partial charge in [-0.1, -0.05) is 30.3 Å². The van der Waals surface area contributed by atoms with Crippen molar-refractivity contribution in [1.29, 1.82) is 0 Å². The largest absolute Gasteiger partial charge is 0.497 e. The first-order valence-corrected chi connectivity index (χ1v) is 8.02. The van der Waals surface area contributed by atoms with E-state index in [4.69, 9.17) is 4.74 Å². The van der Waals surface area contributed by atoms with Gasteiger partial charge in [0.1, 0.15) is 12.3 Å². The quantitative estimate of drug-likeness (QED) is 0.784. The van der Waals surface area contributed by atoms with Crippen molar-refractivity contribution in [3.05, 3.63) is 60.2 Å². The Labute approximate surface area is 138 Å². The number of rotatable bonds is 8. The van der Waals surface area contributed by atoms with Crippen molar-refractivity contribution in [1.82, 2.24) is 0 Å². The van der Waals surface area contributed by atoms with Crippen LogP contribution in [0, 0.1) is 0 Å². The Kier molecular flexibility index (Phi) is 6.63. The predicted octanol–water partition coefficient (Wildman–Crippen LogP) is 2.13. The molecule has 2 aromatic carbocycles. The lowest BCUT2D eigenvalue weighted by Crippen LogP contribution is -3.10. The van der Waals surface area contributed by atoms with Crippen molar-refractivity contribution in [2.24, 2.45) is 0 Å². The van der Waals surface area contributed by atoms with E-state index in [9.17, 15) is 4.79 Å². The van der Waals surface area contributed by atoms with Gasteiger partial charge < -0.3 is 15.0 Å². The lowest BCUT2D eigenvalue weighted by Gasteiger charge is -2.17. The highest BCUT2D eigenvalue weighted by molar-refractivity contribution is 5.90. The fraction of sp³-hybridized carbons (Fsp3) is 0.316. The summed E-state index contributed by atoms with van der Waals surface area (Å²) < 4.78 is 5.11. The maximum Gasteiger partial charge on any atom is 0.230 e. The molecule has 2 rings (SSSR count). The average molecular weight is 313 g/mol. The molecular formula is C19H25N2O2+. The number of benzene rings is 2. The molecule has 0 aliphatic heterocycles. The monoisotopic (exact) mass is 313 g/mol. The fourth-order valence-electron chi connectivity index (χ4n) is 2.46. The Morgan fingerprint density at radius 3 is 2.39 bits per heavy atom. The Morgan fingerprint density at radius 2 is 1.78 bits per heavy atom. The summed E-state index contributed by atoms with van der Waals surface area (Å²) in [5.74, 6) is 0.835. The van der Waals surface area contributed by atoms with E-state index < -0.39 is 0 Å². The molecule has 23 heavy (non-hydrogen) atoms. The van der Waals surface area contributed by atoms with Gasteiger partial charge in [-0.15, -0.1) is 0 Å². The molecule has 1 atom stereocenters. The number of methoxy groups -OCH3 is 1. The van der Waals surface area contributed by atoms with E-state index in [1.54, 1.807) is 7.11 Å². The summed E-state index contributed by atoms with van der Waals surface area (Å²) in [6.45, 7) is 4.94.